The lowest BCUT2D eigenvalue weighted by molar-refractivity contribution is 0.338. The minimum atomic E-state index is 0.134. The number of hydrogen-bond acceptors (Lipinski definition) is 3. The van der Waals surface area contributed by atoms with Gasteiger partial charge in [0.05, 0.1) is 6.04 Å². The van der Waals surface area contributed by atoms with Crippen molar-refractivity contribution in [1.82, 2.24) is 0 Å². The Kier molecular flexibility index (Phi) is 3.74. The van der Waals surface area contributed by atoms with Crippen molar-refractivity contribution >= 4 is 5.69 Å². The normalized spacial score (nSPS) is 17.9. The molecule has 0 radical (unpaired) electrons. The second-order valence-electron chi connectivity index (χ2n) is 5.66. The first-order chi connectivity index (χ1) is 10.2. The molecule has 0 aliphatic carbocycles. The number of aromatic hydroxyl groups is 1. The molecule has 1 aliphatic heterocycles. The molecule has 2 unspecified atom stereocenters. The van der Waals surface area contributed by atoms with Crippen molar-refractivity contribution in [2.45, 2.75) is 32.2 Å². The third kappa shape index (κ3) is 2.82. The number of hydrogen-bond donors (Lipinski definition) is 2. The third-order valence-electron chi connectivity index (χ3n) is 4.21. The highest BCUT2D eigenvalue weighted by Crippen LogP contribution is 2.36. The van der Waals surface area contributed by atoms with Gasteiger partial charge >= 0.3 is 0 Å². The lowest BCUT2D eigenvalue weighted by Gasteiger charge is -2.15. The molecule has 0 amide bonds. The summed E-state index contributed by atoms with van der Waals surface area (Å²) in [5.74, 6) is 1.61. The van der Waals surface area contributed by atoms with Crippen LogP contribution in [0.2, 0.25) is 0 Å². The Morgan fingerprint density at radius 2 is 2.00 bits per heavy atom. The van der Waals surface area contributed by atoms with E-state index in [1.165, 1.54) is 5.56 Å². The van der Waals surface area contributed by atoms with Gasteiger partial charge in [-0.25, -0.2) is 0 Å². The van der Waals surface area contributed by atoms with Crippen LogP contribution in [0.1, 0.15) is 43.4 Å². The Morgan fingerprint density at radius 3 is 2.71 bits per heavy atom. The van der Waals surface area contributed by atoms with E-state index in [-0.39, 0.29) is 11.8 Å². The minimum absolute atomic E-state index is 0.134. The van der Waals surface area contributed by atoms with Gasteiger partial charge in [-0.05, 0) is 42.2 Å². The van der Waals surface area contributed by atoms with Crippen LogP contribution in [0, 0.1) is 0 Å². The van der Waals surface area contributed by atoms with Crippen LogP contribution >= 0.6 is 0 Å². The first-order valence-corrected chi connectivity index (χ1v) is 7.49. The van der Waals surface area contributed by atoms with Crippen LogP contribution in [0.4, 0.5) is 5.69 Å². The van der Waals surface area contributed by atoms with Crippen LogP contribution in [0.15, 0.2) is 42.5 Å². The number of nitrogens with one attached hydrogen (secondary N) is 1. The van der Waals surface area contributed by atoms with Crippen molar-refractivity contribution in [3.8, 4) is 11.5 Å². The molecular formula is C18H21NO2. The molecule has 2 N–H and O–H groups in total. The van der Waals surface area contributed by atoms with Crippen molar-refractivity contribution in [2.24, 2.45) is 0 Å². The predicted molar refractivity (Wildman–Crippen MR) is 85.1 cm³/mol. The SMILES string of the molecule is CCC(C)c1ccc(NC2COc3cc(O)ccc32)cc1. The Balaban J connectivity index is 1.74. The van der Waals surface area contributed by atoms with Gasteiger partial charge in [0, 0.05) is 17.3 Å². The molecule has 0 spiro atoms. The van der Waals surface area contributed by atoms with Gasteiger partial charge in [0.15, 0.2) is 0 Å². The Hall–Kier alpha value is -2.16. The summed E-state index contributed by atoms with van der Waals surface area (Å²) in [4.78, 5) is 0. The maximum atomic E-state index is 9.48. The summed E-state index contributed by atoms with van der Waals surface area (Å²) in [6.45, 7) is 5.04. The van der Waals surface area contributed by atoms with E-state index in [0.29, 0.717) is 12.5 Å². The molecule has 0 aromatic heterocycles. The summed E-state index contributed by atoms with van der Waals surface area (Å²) >= 11 is 0. The molecular weight excluding hydrogens is 262 g/mol. The van der Waals surface area contributed by atoms with E-state index in [1.54, 1.807) is 12.1 Å². The van der Waals surface area contributed by atoms with Crippen LogP contribution in [0.5, 0.6) is 11.5 Å². The van der Waals surface area contributed by atoms with Crippen molar-refractivity contribution in [3.05, 3.63) is 53.6 Å². The van der Waals surface area contributed by atoms with Gasteiger partial charge in [-0.3, -0.25) is 0 Å². The van der Waals surface area contributed by atoms with Crippen LogP contribution in [0.3, 0.4) is 0 Å². The monoisotopic (exact) mass is 283 g/mol. The zero-order chi connectivity index (χ0) is 14.8. The first kappa shape index (κ1) is 13.8. The molecule has 3 nitrogen and oxygen atoms in total. The van der Waals surface area contributed by atoms with Crippen molar-refractivity contribution in [1.29, 1.82) is 0 Å². The van der Waals surface area contributed by atoms with Gasteiger partial charge in [-0.2, -0.15) is 0 Å². The number of anilines is 1. The predicted octanol–water partition coefficient (Wildman–Crippen LogP) is 4.45. The van der Waals surface area contributed by atoms with Gasteiger partial charge in [-0.1, -0.05) is 26.0 Å². The molecule has 0 saturated carbocycles. The summed E-state index contributed by atoms with van der Waals surface area (Å²) in [7, 11) is 0. The maximum absolute atomic E-state index is 9.48. The van der Waals surface area contributed by atoms with E-state index < -0.39 is 0 Å². The fraction of sp³-hybridized carbons (Fsp3) is 0.333. The van der Waals surface area contributed by atoms with Gasteiger partial charge in [0.1, 0.15) is 18.1 Å². The average Bonchev–Trinajstić information content (AvgIpc) is 2.89. The molecule has 21 heavy (non-hydrogen) atoms. The van der Waals surface area contributed by atoms with Crippen LogP contribution in [0.25, 0.3) is 0 Å². The smallest absolute Gasteiger partial charge is 0.128 e. The van der Waals surface area contributed by atoms with Crippen molar-refractivity contribution in [2.75, 3.05) is 11.9 Å². The fourth-order valence-electron chi connectivity index (χ4n) is 2.66. The highest BCUT2D eigenvalue weighted by Gasteiger charge is 2.24. The minimum Gasteiger partial charge on any atom is -0.508 e. The molecule has 1 heterocycles. The van der Waals surface area contributed by atoms with Crippen LogP contribution < -0.4 is 10.1 Å². The third-order valence-corrected chi connectivity index (χ3v) is 4.21. The average molecular weight is 283 g/mol. The first-order valence-electron chi connectivity index (χ1n) is 7.49. The van der Waals surface area contributed by atoms with Crippen LogP contribution in [-0.2, 0) is 0 Å². The number of rotatable bonds is 4. The number of fused-ring (bicyclic) bond motifs is 1. The van der Waals surface area contributed by atoms with Gasteiger partial charge in [0.2, 0.25) is 0 Å². The molecule has 0 fully saturated rings. The van der Waals surface area contributed by atoms with E-state index in [4.69, 9.17) is 4.74 Å². The molecule has 2 atom stereocenters. The zero-order valence-electron chi connectivity index (χ0n) is 12.5. The van der Waals surface area contributed by atoms with Gasteiger partial charge in [0.25, 0.3) is 0 Å². The van der Waals surface area contributed by atoms with E-state index >= 15 is 0 Å². The Bertz CT molecular complexity index is 622. The Labute approximate surface area is 125 Å². The van der Waals surface area contributed by atoms with Gasteiger partial charge < -0.3 is 15.2 Å². The number of phenols is 1. The van der Waals surface area contributed by atoms with E-state index in [2.05, 4.69) is 43.4 Å². The molecule has 1 aliphatic rings. The summed E-state index contributed by atoms with van der Waals surface area (Å²) < 4.78 is 5.62. The molecule has 3 heteroatoms. The van der Waals surface area contributed by atoms with Crippen molar-refractivity contribution < 1.29 is 9.84 Å². The molecule has 0 saturated heterocycles. The summed E-state index contributed by atoms with van der Waals surface area (Å²) in [5, 5.41) is 13.0. The van der Waals surface area contributed by atoms with E-state index in [1.807, 2.05) is 6.07 Å². The summed E-state index contributed by atoms with van der Waals surface area (Å²) in [5.41, 5.74) is 3.56. The van der Waals surface area contributed by atoms with E-state index in [9.17, 15) is 5.11 Å². The lowest BCUT2D eigenvalue weighted by atomic mass is 9.98. The largest absolute Gasteiger partial charge is 0.508 e. The molecule has 3 rings (SSSR count). The Morgan fingerprint density at radius 1 is 1.24 bits per heavy atom. The lowest BCUT2D eigenvalue weighted by Crippen LogP contribution is -2.11. The summed E-state index contributed by atoms with van der Waals surface area (Å²) in [6.07, 6.45) is 1.15. The molecule has 110 valence electrons. The standard InChI is InChI=1S/C18H21NO2/c1-3-12(2)13-4-6-14(7-5-13)19-17-11-21-18-10-15(20)8-9-16(17)18/h4-10,12,17,19-20H,3,11H2,1-2H3. The summed E-state index contributed by atoms with van der Waals surface area (Å²) in [6, 6.07) is 14.0. The number of phenolic OH excluding ortho intramolecular Hbond substituents is 1. The molecule has 2 aromatic rings. The second-order valence-corrected chi connectivity index (χ2v) is 5.66. The zero-order valence-corrected chi connectivity index (χ0v) is 12.5. The highest BCUT2D eigenvalue weighted by atomic mass is 16.5. The molecule has 2 aromatic carbocycles. The quantitative estimate of drug-likeness (QED) is 0.871. The van der Waals surface area contributed by atoms with Crippen LogP contribution in [-0.4, -0.2) is 11.7 Å². The molecule has 0 bridgehead atoms. The highest BCUT2D eigenvalue weighted by molar-refractivity contribution is 5.52. The second kappa shape index (κ2) is 5.68. The van der Waals surface area contributed by atoms with E-state index in [0.717, 1.165) is 23.4 Å². The number of benzene rings is 2. The number of ether oxygens (including phenoxy) is 1. The topological polar surface area (TPSA) is 41.5 Å². The fourth-order valence-corrected chi connectivity index (χ4v) is 2.66. The maximum Gasteiger partial charge on any atom is 0.128 e. The van der Waals surface area contributed by atoms with Crippen molar-refractivity contribution in [3.63, 3.8) is 0 Å². The van der Waals surface area contributed by atoms with Gasteiger partial charge in [-0.15, -0.1) is 0 Å².